The van der Waals surface area contributed by atoms with E-state index in [1.54, 1.807) is 11.8 Å². The first kappa shape index (κ1) is 18.1. The van der Waals surface area contributed by atoms with Gasteiger partial charge in [0.1, 0.15) is 5.44 Å². The summed E-state index contributed by atoms with van der Waals surface area (Å²) in [4.78, 5) is 13.0. The standard InChI is InChI=1S/C17H26O3S/c1-5-6-11-19-17(18)15-9-7-8-10-16(15)21-14(4)20-12-13(2)3/h7-10,13-14H,5-6,11-12H2,1-4H3. The number of benzene rings is 1. The molecule has 3 nitrogen and oxygen atoms in total. The molecule has 0 heterocycles. The van der Waals surface area contributed by atoms with E-state index >= 15 is 0 Å². The van der Waals surface area contributed by atoms with E-state index in [2.05, 4.69) is 20.8 Å². The number of carbonyl (C=O) groups excluding carboxylic acids is 1. The molecule has 1 unspecified atom stereocenters. The molecule has 21 heavy (non-hydrogen) atoms. The predicted octanol–water partition coefficient (Wildman–Crippen LogP) is 4.75. The van der Waals surface area contributed by atoms with Crippen molar-refractivity contribution in [2.24, 2.45) is 5.92 Å². The average molecular weight is 310 g/mol. The van der Waals surface area contributed by atoms with Crippen LogP contribution in [0.1, 0.15) is 50.9 Å². The van der Waals surface area contributed by atoms with Crippen molar-refractivity contribution in [3.8, 4) is 0 Å². The minimum Gasteiger partial charge on any atom is -0.462 e. The van der Waals surface area contributed by atoms with Crippen molar-refractivity contribution >= 4 is 17.7 Å². The Hall–Kier alpha value is -1.00. The first-order chi connectivity index (χ1) is 10.0. The molecule has 1 atom stereocenters. The Labute approximate surface area is 132 Å². The van der Waals surface area contributed by atoms with E-state index < -0.39 is 0 Å². The number of hydrogen-bond acceptors (Lipinski definition) is 4. The quantitative estimate of drug-likeness (QED) is 0.285. The monoisotopic (exact) mass is 310 g/mol. The number of unbranched alkanes of at least 4 members (excludes halogenated alkanes) is 1. The summed E-state index contributed by atoms with van der Waals surface area (Å²) in [6.07, 6.45) is 1.92. The van der Waals surface area contributed by atoms with Crippen LogP contribution in [0.15, 0.2) is 29.2 Å². The zero-order valence-corrected chi connectivity index (χ0v) is 14.2. The summed E-state index contributed by atoms with van der Waals surface area (Å²) in [5.74, 6) is 0.255. The molecule has 0 bridgehead atoms. The summed E-state index contributed by atoms with van der Waals surface area (Å²) in [5, 5.41) is 0. The molecule has 0 amide bonds. The van der Waals surface area contributed by atoms with Gasteiger partial charge in [-0.25, -0.2) is 4.79 Å². The Balaban J connectivity index is 2.63. The molecule has 0 aliphatic rings. The maximum atomic E-state index is 12.1. The molecule has 118 valence electrons. The van der Waals surface area contributed by atoms with Crippen molar-refractivity contribution in [1.82, 2.24) is 0 Å². The fourth-order valence-corrected chi connectivity index (χ4v) is 2.61. The maximum Gasteiger partial charge on any atom is 0.339 e. The van der Waals surface area contributed by atoms with Crippen LogP contribution in [0, 0.1) is 5.92 Å². The van der Waals surface area contributed by atoms with E-state index in [0.29, 0.717) is 18.1 Å². The van der Waals surface area contributed by atoms with Gasteiger partial charge in [-0.3, -0.25) is 0 Å². The topological polar surface area (TPSA) is 35.5 Å². The molecule has 0 aliphatic carbocycles. The van der Waals surface area contributed by atoms with E-state index in [1.807, 2.05) is 31.2 Å². The van der Waals surface area contributed by atoms with Gasteiger partial charge in [-0.05, 0) is 31.4 Å². The Bertz CT molecular complexity index is 432. The summed E-state index contributed by atoms with van der Waals surface area (Å²) in [6, 6.07) is 7.54. The summed E-state index contributed by atoms with van der Waals surface area (Å²) in [6.45, 7) is 9.52. The summed E-state index contributed by atoms with van der Waals surface area (Å²) < 4.78 is 11.0. The zero-order chi connectivity index (χ0) is 15.7. The lowest BCUT2D eigenvalue weighted by Crippen LogP contribution is -2.11. The van der Waals surface area contributed by atoms with E-state index in [0.717, 1.165) is 24.3 Å². The van der Waals surface area contributed by atoms with Crippen LogP contribution in [-0.4, -0.2) is 24.6 Å². The fourth-order valence-electron chi connectivity index (χ4n) is 1.67. The number of rotatable bonds is 9. The van der Waals surface area contributed by atoms with Gasteiger partial charge in [0.25, 0.3) is 0 Å². The fraction of sp³-hybridized carbons (Fsp3) is 0.588. The summed E-state index contributed by atoms with van der Waals surface area (Å²) in [5.41, 5.74) is 0.635. The Morgan fingerprint density at radius 2 is 1.95 bits per heavy atom. The molecule has 0 saturated heterocycles. The molecule has 0 saturated carbocycles. The highest BCUT2D eigenvalue weighted by atomic mass is 32.2. The Kier molecular flexibility index (Phi) is 8.47. The minimum atomic E-state index is -0.248. The van der Waals surface area contributed by atoms with Gasteiger partial charge in [0, 0.05) is 4.90 Å². The van der Waals surface area contributed by atoms with Gasteiger partial charge in [-0.1, -0.05) is 51.1 Å². The van der Waals surface area contributed by atoms with E-state index in [-0.39, 0.29) is 11.4 Å². The number of carbonyl (C=O) groups is 1. The van der Waals surface area contributed by atoms with Gasteiger partial charge >= 0.3 is 5.97 Å². The molecule has 1 aromatic carbocycles. The molecule has 0 fully saturated rings. The van der Waals surface area contributed by atoms with Gasteiger partial charge in [0.15, 0.2) is 0 Å². The number of esters is 1. The number of hydrogen-bond donors (Lipinski definition) is 0. The van der Waals surface area contributed by atoms with Crippen LogP contribution in [0.25, 0.3) is 0 Å². The second kappa shape index (κ2) is 9.85. The lowest BCUT2D eigenvalue weighted by atomic mass is 10.2. The Morgan fingerprint density at radius 1 is 1.24 bits per heavy atom. The van der Waals surface area contributed by atoms with Crippen LogP contribution in [0.2, 0.25) is 0 Å². The van der Waals surface area contributed by atoms with Crippen molar-refractivity contribution in [3.05, 3.63) is 29.8 Å². The largest absolute Gasteiger partial charge is 0.462 e. The molecule has 0 radical (unpaired) electrons. The summed E-state index contributed by atoms with van der Waals surface area (Å²) >= 11 is 1.56. The summed E-state index contributed by atoms with van der Waals surface area (Å²) in [7, 11) is 0. The maximum absolute atomic E-state index is 12.1. The van der Waals surface area contributed by atoms with Crippen LogP contribution in [-0.2, 0) is 9.47 Å². The van der Waals surface area contributed by atoms with Crippen molar-refractivity contribution in [2.45, 2.75) is 50.9 Å². The second-order valence-electron chi connectivity index (χ2n) is 5.40. The van der Waals surface area contributed by atoms with Crippen LogP contribution in [0.4, 0.5) is 0 Å². The molecule has 0 N–H and O–H groups in total. The van der Waals surface area contributed by atoms with Gasteiger partial charge in [-0.15, -0.1) is 0 Å². The van der Waals surface area contributed by atoms with Crippen LogP contribution >= 0.6 is 11.8 Å². The van der Waals surface area contributed by atoms with E-state index in [4.69, 9.17) is 9.47 Å². The molecular weight excluding hydrogens is 284 g/mol. The lowest BCUT2D eigenvalue weighted by Gasteiger charge is -2.16. The third-order valence-electron chi connectivity index (χ3n) is 2.80. The van der Waals surface area contributed by atoms with Gasteiger partial charge in [0.05, 0.1) is 18.8 Å². The first-order valence-electron chi connectivity index (χ1n) is 7.59. The van der Waals surface area contributed by atoms with Crippen LogP contribution in [0.5, 0.6) is 0 Å². The predicted molar refractivity (Wildman–Crippen MR) is 87.7 cm³/mol. The van der Waals surface area contributed by atoms with Crippen molar-refractivity contribution in [2.75, 3.05) is 13.2 Å². The molecule has 0 aliphatic heterocycles. The van der Waals surface area contributed by atoms with Gasteiger partial charge < -0.3 is 9.47 Å². The smallest absolute Gasteiger partial charge is 0.339 e. The zero-order valence-electron chi connectivity index (χ0n) is 13.4. The van der Waals surface area contributed by atoms with E-state index in [9.17, 15) is 4.79 Å². The van der Waals surface area contributed by atoms with Crippen molar-refractivity contribution in [3.63, 3.8) is 0 Å². The third kappa shape index (κ3) is 7.00. The van der Waals surface area contributed by atoms with Gasteiger partial charge in [-0.2, -0.15) is 0 Å². The first-order valence-corrected chi connectivity index (χ1v) is 8.47. The molecular formula is C17H26O3S. The molecule has 0 spiro atoms. The second-order valence-corrected chi connectivity index (χ2v) is 6.74. The molecule has 1 rings (SSSR count). The molecule has 4 heteroatoms. The molecule has 0 aromatic heterocycles. The highest BCUT2D eigenvalue weighted by molar-refractivity contribution is 7.99. The SMILES string of the molecule is CCCCOC(=O)c1ccccc1SC(C)OCC(C)C. The van der Waals surface area contributed by atoms with E-state index in [1.165, 1.54) is 0 Å². The lowest BCUT2D eigenvalue weighted by molar-refractivity contribution is 0.0495. The van der Waals surface area contributed by atoms with Crippen molar-refractivity contribution in [1.29, 1.82) is 0 Å². The molecule has 1 aromatic rings. The normalized spacial score (nSPS) is 12.4. The minimum absolute atomic E-state index is 0.0111. The average Bonchev–Trinajstić information content (AvgIpc) is 2.46. The van der Waals surface area contributed by atoms with Gasteiger partial charge in [0.2, 0.25) is 0 Å². The van der Waals surface area contributed by atoms with Crippen molar-refractivity contribution < 1.29 is 14.3 Å². The van der Waals surface area contributed by atoms with Crippen LogP contribution < -0.4 is 0 Å². The highest BCUT2D eigenvalue weighted by Crippen LogP contribution is 2.28. The van der Waals surface area contributed by atoms with Crippen LogP contribution in [0.3, 0.4) is 0 Å². The Morgan fingerprint density at radius 3 is 2.62 bits per heavy atom. The number of ether oxygens (including phenoxy) is 2. The third-order valence-corrected chi connectivity index (χ3v) is 3.87. The highest BCUT2D eigenvalue weighted by Gasteiger charge is 2.15. The number of thioether (sulfide) groups is 1.